The van der Waals surface area contributed by atoms with Crippen LogP contribution in [0.2, 0.25) is 0 Å². The van der Waals surface area contributed by atoms with Gasteiger partial charge in [0.1, 0.15) is 5.25 Å². The summed E-state index contributed by atoms with van der Waals surface area (Å²) in [5.41, 5.74) is 1.39. The van der Waals surface area contributed by atoms with E-state index in [4.69, 9.17) is 5.11 Å². The van der Waals surface area contributed by atoms with E-state index in [2.05, 4.69) is 5.32 Å². The molecule has 0 saturated carbocycles. The lowest BCUT2D eigenvalue weighted by atomic mass is 10.1. The number of thioether (sulfide) groups is 1. The number of hydrogen-bond donors (Lipinski definition) is 2. The molecule has 0 radical (unpaired) electrons. The second kappa shape index (κ2) is 7.42. The monoisotopic (exact) mass is 322 g/mol. The molecule has 22 heavy (non-hydrogen) atoms. The molecule has 0 spiro atoms. The predicted octanol–water partition coefficient (Wildman–Crippen LogP) is 1.45. The van der Waals surface area contributed by atoms with Crippen LogP contribution in [0, 0.1) is 6.92 Å². The minimum absolute atomic E-state index is 0.00304. The van der Waals surface area contributed by atoms with Gasteiger partial charge in [-0.15, -0.1) is 0 Å². The van der Waals surface area contributed by atoms with Crippen molar-refractivity contribution in [2.75, 3.05) is 18.1 Å². The molecule has 1 aromatic rings. The maximum Gasteiger partial charge on any atom is 0.293 e. The van der Waals surface area contributed by atoms with Crippen molar-refractivity contribution in [3.05, 3.63) is 29.8 Å². The van der Waals surface area contributed by atoms with Gasteiger partial charge in [0, 0.05) is 19.6 Å². The molecule has 0 bridgehead atoms. The summed E-state index contributed by atoms with van der Waals surface area (Å²) in [5, 5.41) is 10.2. The molecule has 1 aliphatic heterocycles. The maximum absolute atomic E-state index is 12.4. The molecule has 0 aliphatic carbocycles. The van der Waals surface area contributed by atoms with Crippen LogP contribution in [0.15, 0.2) is 24.3 Å². The van der Waals surface area contributed by atoms with Crippen LogP contribution in [0.5, 0.6) is 0 Å². The second-order valence-electron chi connectivity index (χ2n) is 4.96. The van der Waals surface area contributed by atoms with Gasteiger partial charge in [-0.25, -0.2) is 4.90 Å². The lowest BCUT2D eigenvalue weighted by Gasteiger charge is -2.16. The Morgan fingerprint density at radius 1 is 1.36 bits per heavy atom. The maximum atomic E-state index is 12.4. The topological polar surface area (TPSA) is 86.7 Å². The number of nitrogens with one attached hydrogen (secondary N) is 1. The number of hydrogen-bond acceptors (Lipinski definition) is 5. The van der Waals surface area contributed by atoms with Crippen molar-refractivity contribution in [3.8, 4) is 0 Å². The highest BCUT2D eigenvalue weighted by Crippen LogP contribution is 2.34. The van der Waals surface area contributed by atoms with Gasteiger partial charge in [0.2, 0.25) is 11.8 Å². The molecular formula is C15H18N2O4S. The molecule has 2 N–H and O–H groups in total. The van der Waals surface area contributed by atoms with Gasteiger partial charge < -0.3 is 10.4 Å². The molecule has 1 fully saturated rings. The van der Waals surface area contributed by atoms with Crippen LogP contribution < -0.4 is 10.2 Å². The summed E-state index contributed by atoms with van der Waals surface area (Å²) in [6.45, 7) is 2.18. The standard InChI is InChI=1S/C15H18N2O4S/c1-10-5-2-3-6-11(10)17-14(20)12(22-15(17)21)9-13(19)16-7-4-8-18/h2-3,5-6,12,18H,4,7-9H2,1H3,(H,16,19). The molecular weight excluding hydrogens is 304 g/mol. The van der Waals surface area contributed by atoms with Crippen molar-refractivity contribution in [2.45, 2.75) is 25.0 Å². The number of aliphatic hydroxyl groups excluding tert-OH is 1. The first-order valence-electron chi connectivity index (χ1n) is 7.02. The minimum Gasteiger partial charge on any atom is -0.396 e. The lowest BCUT2D eigenvalue weighted by Crippen LogP contribution is -2.35. The predicted molar refractivity (Wildman–Crippen MR) is 84.8 cm³/mol. The molecule has 6 nitrogen and oxygen atoms in total. The lowest BCUT2D eigenvalue weighted by molar-refractivity contribution is -0.124. The van der Waals surface area contributed by atoms with Crippen molar-refractivity contribution in [2.24, 2.45) is 0 Å². The van der Waals surface area contributed by atoms with E-state index in [0.717, 1.165) is 22.2 Å². The Labute approximate surface area is 132 Å². The fourth-order valence-corrected chi connectivity index (χ4v) is 3.14. The van der Waals surface area contributed by atoms with E-state index in [1.807, 2.05) is 19.1 Å². The third kappa shape index (κ3) is 3.66. The molecule has 1 saturated heterocycles. The van der Waals surface area contributed by atoms with E-state index in [0.29, 0.717) is 18.7 Å². The molecule has 1 heterocycles. The van der Waals surface area contributed by atoms with E-state index in [1.165, 1.54) is 0 Å². The number of carbonyl (C=O) groups is 3. The Hall–Kier alpha value is -1.86. The van der Waals surface area contributed by atoms with Crippen LogP contribution in [0.25, 0.3) is 0 Å². The minimum atomic E-state index is -0.693. The summed E-state index contributed by atoms with van der Waals surface area (Å²) in [7, 11) is 0. The van der Waals surface area contributed by atoms with Crippen LogP contribution >= 0.6 is 11.8 Å². The average Bonchev–Trinajstić information content (AvgIpc) is 2.75. The Morgan fingerprint density at radius 3 is 2.77 bits per heavy atom. The van der Waals surface area contributed by atoms with Crippen LogP contribution in [0.4, 0.5) is 10.5 Å². The van der Waals surface area contributed by atoms with Crippen LogP contribution in [-0.4, -0.2) is 40.6 Å². The zero-order valence-electron chi connectivity index (χ0n) is 12.2. The SMILES string of the molecule is Cc1ccccc1N1C(=O)SC(CC(=O)NCCCO)C1=O. The first-order chi connectivity index (χ1) is 10.5. The molecule has 1 aliphatic rings. The van der Waals surface area contributed by atoms with Crippen molar-refractivity contribution >= 4 is 34.5 Å². The van der Waals surface area contributed by atoms with E-state index in [9.17, 15) is 14.4 Å². The number of anilines is 1. The average molecular weight is 322 g/mol. The summed E-state index contributed by atoms with van der Waals surface area (Å²) in [5.74, 6) is -0.652. The van der Waals surface area contributed by atoms with Crippen LogP contribution in [0.1, 0.15) is 18.4 Å². The smallest absolute Gasteiger partial charge is 0.293 e. The number of aryl methyl sites for hydroxylation is 1. The Morgan fingerprint density at radius 2 is 2.09 bits per heavy atom. The third-order valence-corrected chi connectivity index (χ3v) is 4.34. The number of rotatable bonds is 6. The fraction of sp³-hybridized carbons (Fsp3) is 0.400. The molecule has 1 unspecified atom stereocenters. The van der Waals surface area contributed by atoms with E-state index in [1.54, 1.807) is 12.1 Å². The first kappa shape index (κ1) is 16.5. The van der Waals surface area contributed by atoms with Gasteiger partial charge in [0.25, 0.3) is 5.24 Å². The molecule has 2 rings (SSSR count). The number of aliphatic hydroxyl groups is 1. The Balaban J connectivity index is 2.03. The van der Waals surface area contributed by atoms with Gasteiger partial charge >= 0.3 is 0 Å². The number of amides is 3. The highest BCUT2D eigenvalue weighted by Gasteiger charge is 2.41. The normalized spacial score (nSPS) is 17.9. The summed E-state index contributed by atoms with van der Waals surface area (Å²) in [4.78, 5) is 37.4. The zero-order chi connectivity index (χ0) is 16.1. The van der Waals surface area contributed by atoms with Gasteiger partial charge in [0.05, 0.1) is 5.69 Å². The number of imide groups is 1. The quantitative estimate of drug-likeness (QED) is 0.774. The van der Waals surface area contributed by atoms with Gasteiger partial charge in [-0.05, 0) is 36.7 Å². The highest BCUT2D eigenvalue weighted by molar-refractivity contribution is 8.15. The largest absolute Gasteiger partial charge is 0.396 e. The molecule has 1 aromatic carbocycles. The van der Waals surface area contributed by atoms with Crippen molar-refractivity contribution < 1.29 is 19.5 Å². The Bertz CT molecular complexity index is 591. The van der Waals surface area contributed by atoms with E-state index in [-0.39, 0.29) is 30.1 Å². The summed E-state index contributed by atoms with van der Waals surface area (Å²) < 4.78 is 0. The summed E-state index contributed by atoms with van der Waals surface area (Å²) >= 11 is 0.880. The van der Waals surface area contributed by atoms with Gasteiger partial charge in [-0.1, -0.05) is 18.2 Å². The van der Waals surface area contributed by atoms with Gasteiger partial charge in [-0.3, -0.25) is 14.4 Å². The molecule has 118 valence electrons. The first-order valence-corrected chi connectivity index (χ1v) is 7.90. The summed E-state index contributed by atoms with van der Waals surface area (Å²) in [6.07, 6.45) is 0.425. The number of benzene rings is 1. The molecule has 7 heteroatoms. The molecule has 3 amide bonds. The molecule has 1 atom stereocenters. The van der Waals surface area contributed by atoms with E-state index < -0.39 is 5.25 Å². The zero-order valence-corrected chi connectivity index (χ0v) is 13.1. The number of para-hydroxylation sites is 1. The molecule has 0 aromatic heterocycles. The highest BCUT2D eigenvalue weighted by atomic mass is 32.2. The second-order valence-corrected chi connectivity index (χ2v) is 6.12. The van der Waals surface area contributed by atoms with Crippen molar-refractivity contribution in [3.63, 3.8) is 0 Å². The summed E-state index contributed by atoms with van der Waals surface area (Å²) in [6, 6.07) is 7.15. The van der Waals surface area contributed by atoms with Crippen molar-refractivity contribution in [1.82, 2.24) is 5.32 Å². The Kier molecular flexibility index (Phi) is 5.57. The van der Waals surface area contributed by atoms with Crippen molar-refractivity contribution in [1.29, 1.82) is 0 Å². The van der Waals surface area contributed by atoms with Crippen LogP contribution in [-0.2, 0) is 9.59 Å². The number of nitrogens with zero attached hydrogens (tertiary/aromatic N) is 1. The fourth-order valence-electron chi connectivity index (χ4n) is 2.17. The van der Waals surface area contributed by atoms with Crippen LogP contribution in [0.3, 0.4) is 0 Å². The van der Waals surface area contributed by atoms with Gasteiger partial charge in [0.15, 0.2) is 0 Å². The van der Waals surface area contributed by atoms with Gasteiger partial charge in [-0.2, -0.15) is 0 Å². The third-order valence-electron chi connectivity index (χ3n) is 3.31. The van der Waals surface area contributed by atoms with E-state index >= 15 is 0 Å². The number of carbonyl (C=O) groups excluding carboxylic acids is 3.